The summed E-state index contributed by atoms with van der Waals surface area (Å²) in [6.07, 6.45) is 12.1. The molecule has 131 heavy (non-hydrogen) atoms. The number of para-hydroxylation sites is 3. The molecule has 8 aromatic carbocycles. The number of carboxylic acids is 1. The Balaban J connectivity index is 0.000000134. The van der Waals surface area contributed by atoms with Crippen molar-refractivity contribution in [1.82, 2.24) is 87.3 Å². The molecule has 1 unspecified atom stereocenters. The third kappa shape index (κ3) is 20.6. The SMILES string of the molecule is Br.CN1CCCC1Cn1cnc2c(O)c(Cl)cc(Cl)c2c1=O.Cc1noc(C)c1-n1cnc2c(O)c(Cl)cc(Cl)c2c1=O.O=C(O)CCCn1cnc2c(O)c(Cl)cc(Cl)c2c1=O.O=c1c2c(Cl)cc(Cl)c(O)c2ncn1Cc1nc2ccccc2[nH]1.O=c1c2c(Cl)cc(Cl)c(O)c2ncn1Cc1nc2ccccc2s1.O=c1c2c(Cl)cc(Cl)c(O)c2ncn1Cc1nccs1. The van der Waals surface area contributed by atoms with Crippen LogP contribution in [0.25, 0.3) is 92.4 Å². The molecule has 19 rings (SSSR count). The Morgan fingerprint density at radius 2 is 0.863 bits per heavy atom. The summed E-state index contributed by atoms with van der Waals surface area (Å²) in [5, 5.41) is 77.1. The zero-order valence-corrected chi connectivity index (χ0v) is 79.5. The number of fused-ring (bicyclic) bond motifs is 8. The van der Waals surface area contributed by atoms with Crippen molar-refractivity contribution in [3.63, 3.8) is 0 Å². The fourth-order valence-corrected chi connectivity index (χ4v) is 18.5. The van der Waals surface area contributed by atoms with Crippen LogP contribution in [-0.2, 0) is 37.5 Å². The number of rotatable bonds is 13. The normalized spacial score (nSPS) is 12.5. The number of halogens is 13. The molecule has 0 bridgehead atoms. The second-order valence-electron chi connectivity index (χ2n) is 28.5. The quantitative estimate of drug-likeness (QED) is 0.0531. The second-order valence-corrected chi connectivity index (χ2v) is 35.5. The van der Waals surface area contributed by atoms with Crippen molar-refractivity contribution in [2.24, 2.45) is 0 Å². The first-order valence-corrected chi connectivity index (χ1v) is 44.1. The van der Waals surface area contributed by atoms with Crippen molar-refractivity contribution in [3.8, 4) is 40.2 Å². The van der Waals surface area contributed by atoms with E-state index in [1.165, 1.54) is 120 Å². The number of H-pyrrole nitrogens is 1. The average Bonchev–Trinajstić information content (AvgIpc) is 1.74. The van der Waals surface area contributed by atoms with Gasteiger partial charge in [0.25, 0.3) is 33.4 Å². The Labute approximate surface area is 813 Å². The Kier molecular flexibility index (Phi) is 30.8. The van der Waals surface area contributed by atoms with Gasteiger partial charge in [-0.05, 0) is 107 Å². The minimum absolute atomic E-state index is 0. The van der Waals surface area contributed by atoms with E-state index in [-0.39, 0.29) is 225 Å². The smallest absolute Gasteiger partial charge is 0.303 e. The van der Waals surface area contributed by atoms with Gasteiger partial charge in [-0.3, -0.25) is 61.0 Å². The first-order valence-electron chi connectivity index (χ1n) is 37.9. The van der Waals surface area contributed by atoms with E-state index < -0.39 is 17.1 Å². The van der Waals surface area contributed by atoms with Crippen LogP contribution >= 0.6 is 179 Å². The minimum Gasteiger partial charge on any atom is -0.504 e. The number of likely N-dealkylation sites (N-methyl/N-ethyl adjacent to an activating group) is 1. The lowest BCUT2D eigenvalue weighted by atomic mass is 10.2. The van der Waals surface area contributed by atoms with Crippen LogP contribution in [-0.4, -0.2) is 149 Å². The summed E-state index contributed by atoms with van der Waals surface area (Å²) >= 11 is 74.3. The molecule has 10 aromatic heterocycles. The molecule has 0 aliphatic carbocycles. The molecule has 1 aliphatic heterocycles. The maximum Gasteiger partial charge on any atom is 0.303 e. The topological polar surface area (TPSA) is 452 Å². The summed E-state index contributed by atoms with van der Waals surface area (Å²) in [5.74, 6) is -1.39. The van der Waals surface area contributed by atoms with Gasteiger partial charge in [0.15, 0.2) is 40.3 Å². The number of imidazole rings is 1. The maximum absolute atomic E-state index is 12.7. The number of carbonyl (C=O) groups is 1. The number of hydrogen-bond donors (Lipinski definition) is 8. The fraction of sp³-hybridized carbons (Fsp3) is 0.169. The zero-order valence-electron chi connectivity index (χ0n) is 67.1. The number of phenolic OH excluding ortho intramolecular Hbond substituents is 6. The number of nitrogens with one attached hydrogen (secondary N) is 1. The van der Waals surface area contributed by atoms with Crippen molar-refractivity contribution < 1.29 is 45.1 Å². The molecular formula is C83H61BrCl12N18O15S2. The summed E-state index contributed by atoms with van der Waals surface area (Å²) in [4.78, 5) is 129. The van der Waals surface area contributed by atoms with E-state index in [0.29, 0.717) is 48.5 Å². The number of hydrogen-bond acceptors (Lipinski definition) is 27. The standard InChI is InChI=1S/C16H10Cl2N4O2.C16H9Cl2N3O2S.C14H15Cl2N3O2.C13H9Cl2N3O3.C12H7Cl2N3O2S.C12H10Cl2N2O4.BrH/c17-8-5-9(18)15(23)14-13(8)16(24)22(7-19-14)6-12-20-10-3-1-2-4-11(10)21-12;17-8-5-9(18)15(22)14-13(8)16(23)21(7-19-14)6-12-20-10-3-1-2-4-11(10)24-12;1-18-4-2-3-8(18)6-19-7-17-12-11(14(19)21)9(15)5-10(16)13(12)20;1-5-11(6(2)21-17-5)18-4-16-10-9(13(18)20)7(14)3-8(15)12(10)19;13-6-3-7(14)11(18)10-9(6)12(19)17(5-16-10)4-8-15-1-2-20-8;13-6-4-7(14)11(19)10-9(6)12(20)16(5-15-10)3-1-2-8(17)18;/h1-5,7,23H,6H2,(H,20,21);1-5,7,22H,6H2;5,7-8,20H,2-4,6H2,1H3;3-4,19H,1-2H3;1-3,5,18H,4H2;4-5,19H,1-3H2,(H,17,18);1H. The molecule has 0 saturated carbocycles. The number of aromatic amines is 1. The van der Waals surface area contributed by atoms with Crippen molar-refractivity contribution >= 4 is 272 Å². The Bertz CT molecular complexity index is 7690. The lowest BCUT2D eigenvalue weighted by Gasteiger charge is -2.20. The molecule has 11 heterocycles. The number of carboxylic acid groups (broad SMARTS) is 1. The molecule has 33 nitrogen and oxygen atoms in total. The fourth-order valence-electron chi connectivity index (χ4n) is 13.8. The number of aliphatic carboxylic acids is 1. The molecule has 48 heteroatoms. The van der Waals surface area contributed by atoms with Gasteiger partial charge < -0.3 is 50.2 Å². The van der Waals surface area contributed by atoms with Gasteiger partial charge in [0.2, 0.25) is 0 Å². The molecule has 0 radical (unpaired) electrons. The minimum atomic E-state index is -0.936. The molecular weight excluding hydrogens is 2060 g/mol. The van der Waals surface area contributed by atoms with Crippen molar-refractivity contribution in [1.29, 1.82) is 0 Å². The summed E-state index contributed by atoms with van der Waals surface area (Å²) < 4.78 is 14.4. The first-order chi connectivity index (χ1) is 62.0. The van der Waals surface area contributed by atoms with E-state index in [1.54, 1.807) is 24.6 Å². The predicted octanol–water partition coefficient (Wildman–Crippen LogP) is 18.7. The molecule has 1 saturated heterocycles. The second kappa shape index (κ2) is 41.4. The van der Waals surface area contributed by atoms with E-state index >= 15 is 0 Å². The number of aromatic hydroxyl groups is 6. The van der Waals surface area contributed by atoms with E-state index in [4.69, 9.17) is 149 Å². The van der Waals surface area contributed by atoms with Crippen molar-refractivity contribution in [2.75, 3.05) is 13.6 Å². The van der Waals surface area contributed by atoms with Crippen LogP contribution in [0.3, 0.4) is 0 Å². The summed E-state index contributed by atoms with van der Waals surface area (Å²) in [5.41, 5.74) is 1.94. The van der Waals surface area contributed by atoms with Gasteiger partial charge in [-0.15, -0.1) is 39.7 Å². The zero-order chi connectivity index (χ0) is 93.3. The molecule has 18 aromatic rings. The number of nitrogens with zero attached hydrogens (tertiary/aromatic N) is 17. The molecule has 1 aliphatic rings. The van der Waals surface area contributed by atoms with Crippen LogP contribution in [0.1, 0.15) is 53.0 Å². The highest BCUT2D eigenvalue weighted by atomic mass is 79.9. The van der Waals surface area contributed by atoms with Crippen LogP contribution in [0.2, 0.25) is 60.3 Å². The lowest BCUT2D eigenvalue weighted by molar-refractivity contribution is -0.137. The number of benzene rings is 8. The largest absolute Gasteiger partial charge is 0.504 e. The molecule has 1 atom stereocenters. The highest BCUT2D eigenvalue weighted by molar-refractivity contribution is 8.93. The number of aryl methyl sites for hydroxylation is 3. The predicted molar refractivity (Wildman–Crippen MR) is 515 cm³/mol. The molecule has 676 valence electrons. The van der Waals surface area contributed by atoms with Crippen LogP contribution < -0.4 is 33.4 Å². The molecule has 0 spiro atoms. The van der Waals surface area contributed by atoms with Gasteiger partial charge in [-0.2, -0.15) is 0 Å². The number of phenols is 6. The van der Waals surface area contributed by atoms with Crippen LogP contribution in [0.4, 0.5) is 0 Å². The van der Waals surface area contributed by atoms with Crippen molar-refractivity contribution in [3.05, 3.63) is 284 Å². The number of thiazole rings is 2. The van der Waals surface area contributed by atoms with Crippen LogP contribution in [0, 0.1) is 13.8 Å². The highest BCUT2D eigenvalue weighted by Gasteiger charge is 2.27. The van der Waals surface area contributed by atoms with E-state index in [0.717, 1.165) is 50.7 Å². The van der Waals surface area contributed by atoms with E-state index in [1.807, 2.05) is 53.9 Å². The van der Waals surface area contributed by atoms with Gasteiger partial charge >= 0.3 is 5.97 Å². The van der Waals surface area contributed by atoms with Gasteiger partial charge in [0.1, 0.15) is 66.6 Å². The Morgan fingerprint density at radius 1 is 0.473 bits per heavy atom. The van der Waals surface area contributed by atoms with Crippen LogP contribution in [0.5, 0.6) is 34.5 Å². The average molecular weight is 2120 g/mol. The third-order valence-corrected chi connectivity index (χ3v) is 25.4. The van der Waals surface area contributed by atoms with Crippen LogP contribution in [0.15, 0.2) is 168 Å². The van der Waals surface area contributed by atoms with Gasteiger partial charge in [0.05, 0.1) is 165 Å². The van der Waals surface area contributed by atoms with E-state index in [9.17, 15) is 64.2 Å². The first kappa shape index (κ1) is 97.5. The summed E-state index contributed by atoms with van der Waals surface area (Å²) in [6.45, 7) is 6.00. The van der Waals surface area contributed by atoms with Gasteiger partial charge in [0, 0.05) is 37.1 Å². The number of likely N-dealkylation sites (tertiary alicyclic amines) is 1. The van der Waals surface area contributed by atoms with Gasteiger partial charge in [-0.1, -0.05) is 169 Å². The molecule has 0 amide bonds. The molecule has 8 N–H and O–H groups in total. The van der Waals surface area contributed by atoms with E-state index in [2.05, 4.69) is 66.9 Å². The maximum atomic E-state index is 12.7. The lowest BCUT2D eigenvalue weighted by Crippen LogP contribution is -2.33. The molecule has 1 fully saturated rings. The summed E-state index contributed by atoms with van der Waals surface area (Å²) in [6, 6.07) is 23.6. The third-order valence-electron chi connectivity index (χ3n) is 20.1. The summed E-state index contributed by atoms with van der Waals surface area (Å²) in [7, 11) is 2.05. The number of aromatic nitrogens is 17. The Hall–Kier alpha value is -11.0. The highest BCUT2D eigenvalue weighted by Crippen LogP contribution is 2.41. The van der Waals surface area contributed by atoms with Gasteiger partial charge in [-0.25, -0.2) is 44.9 Å². The Morgan fingerprint density at radius 3 is 1.27 bits per heavy atom. The van der Waals surface area contributed by atoms with Crippen molar-refractivity contribution in [2.45, 2.75) is 78.3 Å². The monoisotopic (exact) mass is 2110 g/mol.